The zero-order valence-corrected chi connectivity index (χ0v) is 15.4. The molecule has 5 heteroatoms. The summed E-state index contributed by atoms with van der Waals surface area (Å²) < 4.78 is 11.3. The topological polar surface area (TPSA) is 47.6 Å². The molecule has 0 aliphatic heterocycles. The maximum Gasteiger partial charge on any atom is 0.258 e. The molecule has 0 spiro atoms. The SMILES string of the molecule is C[C@@H](NC(=O)COc1ccc(OCc2ccccc2)cc1)c1cccs1. The summed E-state index contributed by atoms with van der Waals surface area (Å²) in [6.07, 6.45) is 0. The number of hydrogen-bond acceptors (Lipinski definition) is 4. The van der Waals surface area contributed by atoms with Gasteiger partial charge in [-0.25, -0.2) is 0 Å². The Hall–Kier alpha value is -2.79. The summed E-state index contributed by atoms with van der Waals surface area (Å²) in [5, 5.41) is 4.92. The van der Waals surface area contributed by atoms with Crippen LogP contribution in [0.25, 0.3) is 0 Å². The van der Waals surface area contributed by atoms with Crippen LogP contribution in [0, 0.1) is 0 Å². The zero-order valence-electron chi connectivity index (χ0n) is 14.6. The van der Waals surface area contributed by atoms with Gasteiger partial charge in [-0.15, -0.1) is 11.3 Å². The van der Waals surface area contributed by atoms with Gasteiger partial charge in [-0.2, -0.15) is 0 Å². The van der Waals surface area contributed by atoms with Crippen molar-refractivity contribution in [3.8, 4) is 11.5 Å². The predicted molar refractivity (Wildman–Crippen MR) is 104 cm³/mol. The van der Waals surface area contributed by atoms with E-state index >= 15 is 0 Å². The Labute approximate surface area is 157 Å². The third-order valence-electron chi connectivity index (χ3n) is 3.79. The number of amides is 1. The molecule has 0 saturated heterocycles. The number of rotatable bonds is 8. The second-order valence-corrected chi connectivity index (χ2v) is 6.82. The zero-order chi connectivity index (χ0) is 18.2. The molecule has 0 fully saturated rings. The number of nitrogens with one attached hydrogen (secondary N) is 1. The first kappa shape index (κ1) is 18.0. The van der Waals surface area contributed by atoms with Crippen LogP contribution in [0.1, 0.15) is 23.4 Å². The second kappa shape index (κ2) is 9.06. The van der Waals surface area contributed by atoms with Crippen LogP contribution in [0.5, 0.6) is 11.5 Å². The van der Waals surface area contributed by atoms with Gasteiger partial charge < -0.3 is 14.8 Å². The number of benzene rings is 2. The van der Waals surface area contributed by atoms with Crippen molar-refractivity contribution in [1.82, 2.24) is 5.32 Å². The average molecular weight is 367 g/mol. The molecule has 4 nitrogen and oxygen atoms in total. The summed E-state index contributed by atoms with van der Waals surface area (Å²) in [6.45, 7) is 2.46. The van der Waals surface area contributed by atoms with Crippen molar-refractivity contribution < 1.29 is 14.3 Å². The number of carbonyl (C=O) groups excluding carboxylic acids is 1. The van der Waals surface area contributed by atoms with Crippen LogP contribution in [0.2, 0.25) is 0 Å². The van der Waals surface area contributed by atoms with E-state index in [0.29, 0.717) is 12.4 Å². The molecule has 3 rings (SSSR count). The van der Waals surface area contributed by atoms with E-state index in [2.05, 4.69) is 5.32 Å². The Morgan fingerprint density at radius 3 is 2.31 bits per heavy atom. The smallest absolute Gasteiger partial charge is 0.258 e. The quantitative estimate of drug-likeness (QED) is 0.634. The molecular weight excluding hydrogens is 346 g/mol. The number of hydrogen-bond donors (Lipinski definition) is 1. The van der Waals surface area contributed by atoms with Crippen LogP contribution in [0.4, 0.5) is 0 Å². The van der Waals surface area contributed by atoms with E-state index in [9.17, 15) is 4.79 Å². The highest BCUT2D eigenvalue weighted by Gasteiger charge is 2.10. The molecule has 0 aliphatic carbocycles. The fourth-order valence-electron chi connectivity index (χ4n) is 2.41. The van der Waals surface area contributed by atoms with Gasteiger partial charge in [0.15, 0.2) is 6.61 Å². The maximum atomic E-state index is 12.0. The molecule has 1 N–H and O–H groups in total. The van der Waals surface area contributed by atoms with Gasteiger partial charge in [-0.3, -0.25) is 4.79 Å². The van der Waals surface area contributed by atoms with Gasteiger partial charge in [-0.1, -0.05) is 36.4 Å². The minimum absolute atomic E-state index is 0.0140. The van der Waals surface area contributed by atoms with Gasteiger partial charge in [0.05, 0.1) is 6.04 Å². The minimum Gasteiger partial charge on any atom is -0.489 e. The molecule has 1 heterocycles. The van der Waals surface area contributed by atoms with Gasteiger partial charge >= 0.3 is 0 Å². The van der Waals surface area contributed by atoms with E-state index in [1.165, 1.54) is 0 Å². The molecule has 0 unspecified atom stereocenters. The molecule has 3 aromatic rings. The van der Waals surface area contributed by atoms with E-state index in [1.54, 1.807) is 23.5 Å². The van der Waals surface area contributed by atoms with Crippen LogP contribution in [-0.4, -0.2) is 12.5 Å². The van der Waals surface area contributed by atoms with E-state index in [1.807, 2.05) is 66.9 Å². The number of thiophene rings is 1. The van der Waals surface area contributed by atoms with Crippen molar-refractivity contribution in [3.63, 3.8) is 0 Å². The fourth-order valence-corrected chi connectivity index (χ4v) is 3.15. The third-order valence-corrected chi connectivity index (χ3v) is 4.84. The van der Waals surface area contributed by atoms with E-state index in [-0.39, 0.29) is 18.6 Å². The lowest BCUT2D eigenvalue weighted by atomic mass is 10.2. The van der Waals surface area contributed by atoms with Crippen molar-refractivity contribution in [2.45, 2.75) is 19.6 Å². The lowest BCUT2D eigenvalue weighted by molar-refractivity contribution is -0.123. The lowest BCUT2D eigenvalue weighted by Gasteiger charge is -2.13. The summed E-state index contributed by atoms with van der Waals surface area (Å²) in [5.41, 5.74) is 1.12. The molecular formula is C21H21NO3S. The first-order valence-corrected chi connectivity index (χ1v) is 9.31. The molecule has 0 saturated carbocycles. The van der Waals surface area contributed by atoms with E-state index in [4.69, 9.17) is 9.47 Å². The van der Waals surface area contributed by atoms with Crippen LogP contribution in [0.15, 0.2) is 72.1 Å². The van der Waals surface area contributed by atoms with Crippen LogP contribution in [0.3, 0.4) is 0 Å². The molecule has 2 aromatic carbocycles. The molecule has 1 aromatic heterocycles. The van der Waals surface area contributed by atoms with Crippen molar-refractivity contribution >= 4 is 17.2 Å². The third kappa shape index (κ3) is 5.36. The van der Waals surface area contributed by atoms with Crippen LogP contribution in [-0.2, 0) is 11.4 Å². The summed E-state index contributed by atoms with van der Waals surface area (Å²) in [6, 6.07) is 21.2. The normalized spacial score (nSPS) is 11.6. The summed E-state index contributed by atoms with van der Waals surface area (Å²) >= 11 is 1.62. The van der Waals surface area contributed by atoms with Gasteiger partial charge in [0.2, 0.25) is 0 Å². The van der Waals surface area contributed by atoms with Gasteiger partial charge in [0, 0.05) is 4.88 Å². The Morgan fingerprint density at radius 1 is 0.962 bits per heavy atom. The standard InChI is InChI=1S/C21H21NO3S/c1-16(20-8-5-13-26-20)22-21(23)15-25-19-11-9-18(10-12-19)24-14-17-6-3-2-4-7-17/h2-13,16H,14-15H2,1H3,(H,22,23)/t16-/m1/s1. The molecule has 26 heavy (non-hydrogen) atoms. The van der Waals surface area contributed by atoms with Crippen LogP contribution >= 0.6 is 11.3 Å². The Kier molecular flexibility index (Phi) is 6.28. The van der Waals surface area contributed by atoms with E-state index in [0.717, 1.165) is 16.2 Å². The van der Waals surface area contributed by atoms with Gasteiger partial charge in [0.1, 0.15) is 18.1 Å². The minimum atomic E-state index is -0.143. The molecule has 1 atom stereocenters. The highest BCUT2D eigenvalue weighted by atomic mass is 32.1. The fraction of sp³-hybridized carbons (Fsp3) is 0.190. The molecule has 1 amide bonds. The lowest BCUT2D eigenvalue weighted by Crippen LogP contribution is -2.30. The Balaban J connectivity index is 1.43. The molecule has 134 valence electrons. The molecule has 0 bridgehead atoms. The molecule has 0 radical (unpaired) electrons. The van der Waals surface area contributed by atoms with Crippen LogP contribution < -0.4 is 14.8 Å². The van der Waals surface area contributed by atoms with E-state index < -0.39 is 0 Å². The first-order chi connectivity index (χ1) is 12.7. The Bertz CT molecular complexity index is 801. The van der Waals surface area contributed by atoms with Crippen molar-refractivity contribution in [3.05, 3.63) is 82.6 Å². The summed E-state index contributed by atoms with van der Waals surface area (Å²) in [7, 11) is 0. The predicted octanol–water partition coefficient (Wildman–Crippen LogP) is 4.58. The first-order valence-electron chi connectivity index (χ1n) is 8.43. The number of ether oxygens (including phenoxy) is 2. The van der Waals surface area contributed by atoms with Crippen molar-refractivity contribution in [1.29, 1.82) is 0 Å². The number of carbonyl (C=O) groups is 1. The summed E-state index contributed by atoms with van der Waals surface area (Å²) in [5.74, 6) is 1.25. The molecule has 0 aliphatic rings. The monoisotopic (exact) mass is 367 g/mol. The van der Waals surface area contributed by atoms with Crippen molar-refractivity contribution in [2.75, 3.05) is 6.61 Å². The average Bonchev–Trinajstić information content (AvgIpc) is 3.21. The van der Waals surface area contributed by atoms with Crippen molar-refractivity contribution in [2.24, 2.45) is 0 Å². The second-order valence-electron chi connectivity index (χ2n) is 5.84. The Morgan fingerprint density at radius 2 is 1.65 bits per heavy atom. The maximum absolute atomic E-state index is 12.0. The van der Waals surface area contributed by atoms with Gasteiger partial charge in [-0.05, 0) is 48.2 Å². The highest BCUT2D eigenvalue weighted by molar-refractivity contribution is 7.10. The largest absolute Gasteiger partial charge is 0.489 e. The highest BCUT2D eigenvalue weighted by Crippen LogP contribution is 2.20. The van der Waals surface area contributed by atoms with Gasteiger partial charge in [0.25, 0.3) is 5.91 Å². The summed E-state index contributed by atoms with van der Waals surface area (Å²) in [4.78, 5) is 13.1.